The van der Waals surface area contributed by atoms with Crippen LogP contribution in [0, 0.1) is 0 Å². The number of rotatable bonds is 3. The Kier molecular flexibility index (Phi) is 4.21. The molecule has 0 aromatic heterocycles. The van der Waals surface area contributed by atoms with Crippen molar-refractivity contribution in [2.45, 2.75) is 31.1 Å². The van der Waals surface area contributed by atoms with Gasteiger partial charge in [0.1, 0.15) is 0 Å². The molecule has 2 rings (SSSR count). The van der Waals surface area contributed by atoms with Gasteiger partial charge in [0, 0.05) is 25.7 Å². The van der Waals surface area contributed by atoms with E-state index in [4.69, 9.17) is 0 Å². The lowest BCUT2D eigenvalue weighted by Crippen LogP contribution is -2.35. The first-order chi connectivity index (χ1) is 9.00. The number of nitrogens with zero attached hydrogens (tertiary/aromatic N) is 1. The number of amides is 1. The van der Waals surface area contributed by atoms with Crippen molar-refractivity contribution < 1.29 is 13.2 Å². The maximum absolute atomic E-state index is 12.4. The molecule has 0 saturated carbocycles. The van der Waals surface area contributed by atoms with Crippen molar-refractivity contribution in [3.05, 3.63) is 24.3 Å². The second-order valence-corrected chi connectivity index (χ2v) is 6.61. The van der Waals surface area contributed by atoms with Gasteiger partial charge in [-0.15, -0.1) is 0 Å². The van der Waals surface area contributed by atoms with Gasteiger partial charge in [-0.1, -0.05) is 12.5 Å². The Labute approximate surface area is 113 Å². The summed E-state index contributed by atoms with van der Waals surface area (Å²) in [5.41, 5.74) is 0.505. The molecule has 104 valence electrons. The van der Waals surface area contributed by atoms with Gasteiger partial charge in [0.25, 0.3) is 0 Å². The smallest absolute Gasteiger partial charge is 0.243 e. The van der Waals surface area contributed by atoms with E-state index in [1.165, 1.54) is 17.3 Å². The lowest BCUT2D eigenvalue weighted by Gasteiger charge is -2.26. The highest BCUT2D eigenvalue weighted by molar-refractivity contribution is 7.89. The predicted molar refractivity (Wildman–Crippen MR) is 73.4 cm³/mol. The molecule has 1 aromatic carbocycles. The summed E-state index contributed by atoms with van der Waals surface area (Å²) in [5, 5.41) is 2.60. The Hall–Kier alpha value is -1.40. The molecule has 1 N–H and O–H groups in total. The molecule has 1 amide bonds. The van der Waals surface area contributed by atoms with E-state index in [-0.39, 0.29) is 10.8 Å². The Morgan fingerprint density at radius 2 is 1.89 bits per heavy atom. The van der Waals surface area contributed by atoms with Gasteiger partial charge >= 0.3 is 0 Å². The monoisotopic (exact) mass is 282 g/mol. The van der Waals surface area contributed by atoms with Crippen LogP contribution in [-0.2, 0) is 14.8 Å². The molecule has 1 aliphatic heterocycles. The Bertz CT molecular complexity index is 563. The van der Waals surface area contributed by atoms with E-state index >= 15 is 0 Å². The van der Waals surface area contributed by atoms with Crippen LogP contribution in [-0.4, -0.2) is 31.7 Å². The molecular formula is C13H18N2O3S. The molecule has 1 fully saturated rings. The molecule has 1 aliphatic rings. The van der Waals surface area contributed by atoms with Gasteiger partial charge in [-0.2, -0.15) is 4.31 Å². The third kappa shape index (κ3) is 3.33. The van der Waals surface area contributed by atoms with Crippen LogP contribution in [0.5, 0.6) is 0 Å². The highest BCUT2D eigenvalue weighted by Gasteiger charge is 2.25. The highest BCUT2D eigenvalue weighted by Crippen LogP contribution is 2.22. The normalized spacial score (nSPS) is 17.1. The second kappa shape index (κ2) is 5.71. The van der Waals surface area contributed by atoms with Crippen LogP contribution in [0.15, 0.2) is 29.2 Å². The Morgan fingerprint density at radius 3 is 2.53 bits per heavy atom. The molecule has 19 heavy (non-hydrogen) atoms. The van der Waals surface area contributed by atoms with Gasteiger partial charge in [0.2, 0.25) is 15.9 Å². The fourth-order valence-electron chi connectivity index (χ4n) is 2.19. The number of anilines is 1. The zero-order valence-corrected chi connectivity index (χ0v) is 11.7. The summed E-state index contributed by atoms with van der Waals surface area (Å²) in [6, 6.07) is 6.39. The standard InChI is InChI=1S/C13H18N2O3S/c1-11(16)14-12-6-5-7-13(10-12)19(17,18)15-8-3-2-4-9-15/h5-7,10H,2-4,8-9H2,1H3,(H,14,16). The highest BCUT2D eigenvalue weighted by atomic mass is 32.2. The molecule has 0 aliphatic carbocycles. The average Bonchev–Trinajstić information content (AvgIpc) is 2.39. The zero-order chi connectivity index (χ0) is 13.9. The maximum Gasteiger partial charge on any atom is 0.243 e. The molecule has 6 heteroatoms. The molecule has 0 spiro atoms. The summed E-state index contributed by atoms with van der Waals surface area (Å²) in [4.78, 5) is 11.2. The third-order valence-corrected chi connectivity index (χ3v) is 5.00. The average molecular weight is 282 g/mol. The quantitative estimate of drug-likeness (QED) is 0.919. The van der Waals surface area contributed by atoms with Crippen molar-refractivity contribution in [3.8, 4) is 0 Å². The summed E-state index contributed by atoms with van der Waals surface area (Å²) in [5.74, 6) is -0.215. The lowest BCUT2D eigenvalue weighted by atomic mass is 10.2. The SMILES string of the molecule is CC(=O)Nc1cccc(S(=O)(=O)N2CCCCC2)c1. The van der Waals surface area contributed by atoms with Crippen LogP contribution in [0.4, 0.5) is 5.69 Å². The van der Waals surface area contributed by atoms with Crippen LogP contribution < -0.4 is 5.32 Å². The first-order valence-electron chi connectivity index (χ1n) is 6.38. The van der Waals surface area contributed by atoms with E-state index in [2.05, 4.69) is 5.32 Å². The Morgan fingerprint density at radius 1 is 1.21 bits per heavy atom. The number of sulfonamides is 1. The summed E-state index contributed by atoms with van der Waals surface area (Å²) in [6.45, 7) is 2.55. The molecule has 0 bridgehead atoms. The fourth-order valence-corrected chi connectivity index (χ4v) is 3.76. The van der Waals surface area contributed by atoms with Crippen molar-refractivity contribution >= 4 is 21.6 Å². The van der Waals surface area contributed by atoms with Gasteiger partial charge < -0.3 is 5.32 Å². The number of carbonyl (C=O) groups excluding carboxylic acids is 1. The zero-order valence-electron chi connectivity index (χ0n) is 10.9. The first-order valence-corrected chi connectivity index (χ1v) is 7.82. The number of carbonyl (C=O) groups is 1. The van der Waals surface area contributed by atoms with Crippen molar-refractivity contribution in [3.63, 3.8) is 0 Å². The third-order valence-electron chi connectivity index (χ3n) is 3.11. The molecule has 5 nitrogen and oxygen atoms in total. The molecular weight excluding hydrogens is 264 g/mol. The topological polar surface area (TPSA) is 66.5 Å². The van der Waals surface area contributed by atoms with Crippen molar-refractivity contribution in [2.24, 2.45) is 0 Å². The van der Waals surface area contributed by atoms with Crippen LogP contribution in [0.3, 0.4) is 0 Å². The van der Waals surface area contributed by atoms with Gasteiger partial charge in [-0.05, 0) is 31.0 Å². The van der Waals surface area contributed by atoms with Crippen LogP contribution in [0.25, 0.3) is 0 Å². The molecule has 1 aromatic rings. The van der Waals surface area contributed by atoms with Crippen molar-refractivity contribution in [1.29, 1.82) is 0 Å². The molecule has 0 radical (unpaired) electrons. The van der Waals surface area contributed by atoms with E-state index in [1.54, 1.807) is 18.2 Å². The molecule has 1 heterocycles. The summed E-state index contributed by atoms with van der Waals surface area (Å²) < 4.78 is 26.4. The minimum absolute atomic E-state index is 0.215. The van der Waals surface area contributed by atoms with E-state index in [0.717, 1.165) is 19.3 Å². The number of hydrogen-bond donors (Lipinski definition) is 1. The Balaban J connectivity index is 2.26. The predicted octanol–water partition coefficient (Wildman–Crippen LogP) is 1.82. The minimum Gasteiger partial charge on any atom is -0.326 e. The van der Waals surface area contributed by atoms with E-state index < -0.39 is 10.0 Å². The van der Waals surface area contributed by atoms with Gasteiger partial charge in [-0.3, -0.25) is 4.79 Å². The fraction of sp³-hybridized carbons (Fsp3) is 0.462. The number of hydrogen-bond acceptors (Lipinski definition) is 3. The largest absolute Gasteiger partial charge is 0.326 e. The molecule has 0 unspecified atom stereocenters. The van der Waals surface area contributed by atoms with E-state index in [1.807, 2.05) is 0 Å². The van der Waals surface area contributed by atoms with Crippen LogP contribution in [0.1, 0.15) is 26.2 Å². The molecule has 0 atom stereocenters. The van der Waals surface area contributed by atoms with Crippen LogP contribution >= 0.6 is 0 Å². The van der Waals surface area contributed by atoms with Crippen molar-refractivity contribution in [2.75, 3.05) is 18.4 Å². The van der Waals surface area contributed by atoms with Crippen LogP contribution in [0.2, 0.25) is 0 Å². The second-order valence-electron chi connectivity index (χ2n) is 4.67. The number of benzene rings is 1. The maximum atomic E-state index is 12.4. The molecule has 1 saturated heterocycles. The number of nitrogens with one attached hydrogen (secondary N) is 1. The van der Waals surface area contributed by atoms with Gasteiger partial charge in [-0.25, -0.2) is 8.42 Å². The van der Waals surface area contributed by atoms with Gasteiger partial charge in [0.15, 0.2) is 0 Å². The van der Waals surface area contributed by atoms with Crippen molar-refractivity contribution in [1.82, 2.24) is 4.31 Å². The first kappa shape index (κ1) is 14.0. The van der Waals surface area contributed by atoms with E-state index in [0.29, 0.717) is 18.8 Å². The summed E-state index contributed by atoms with van der Waals surface area (Å²) in [7, 11) is -3.44. The summed E-state index contributed by atoms with van der Waals surface area (Å²) >= 11 is 0. The number of piperidine rings is 1. The minimum atomic E-state index is -3.44. The van der Waals surface area contributed by atoms with Gasteiger partial charge in [0.05, 0.1) is 4.90 Å². The summed E-state index contributed by atoms with van der Waals surface area (Å²) in [6.07, 6.45) is 2.90. The van der Waals surface area contributed by atoms with E-state index in [9.17, 15) is 13.2 Å². The lowest BCUT2D eigenvalue weighted by molar-refractivity contribution is -0.114.